The summed E-state index contributed by atoms with van der Waals surface area (Å²) in [5.74, 6) is 0.0888. The van der Waals surface area contributed by atoms with Gasteiger partial charge in [-0.15, -0.1) is 0 Å². The molecule has 0 rings (SSSR count). The van der Waals surface area contributed by atoms with Crippen LogP contribution in [0.1, 0.15) is 6.92 Å². The first-order valence-electron chi connectivity index (χ1n) is 2.43. The molecule has 0 radical (unpaired) electrons. The Morgan fingerprint density at radius 3 is 2.88 bits per heavy atom. The SMILES string of the molecule is C[C@@H](CO)CN=[N+]=[N-]. The van der Waals surface area contributed by atoms with E-state index in [9.17, 15) is 0 Å². The molecule has 0 heterocycles. The van der Waals surface area contributed by atoms with Crippen molar-refractivity contribution in [2.24, 2.45) is 11.0 Å². The summed E-state index contributed by atoms with van der Waals surface area (Å²) in [5.41, 5.74) is 7.79. The van der Waals surface area contributed by atoms with Crippen molar-refractivity contribution in [2.75, 3.05) is 13.2 Å². The molecule has 0 aliphatic carbocycles. The highest BCUT2D eigenvalue weighted by atomic mass is 16.3. The van der Waals surface area contributed by atoms with Crippen molar-refractivity contribution in [3.8, 4) is 0 Å². The Morgan fingerprint density at radius 2 is 2.50 bits per heavy atom. The molecule has 4 nitrogen and oxygen atoms in total. The van der Waals surface area contributed by atoms with E-state index in [0.29, 0.717) is 6.54 Å². The first-order valence-corrected chi connectivity index (χ1v) is 2.43. The minimum Gasteiger partial charge on any atom is -0.396 e. The van der Waals surface area contributed by atoms with Gasteiger partial charge >= 0.3 is 0 Å². The summed E-state index contributed by atoms with van der Waals surface area (Å²) in [6, 6.07) is 0. The Hall–Kier alpha value is -0.730. The first kappa shape index (κ1) is 7.27. The van der Waals surface area contributed by atoms with Gasteiger partial charge in [0.2, 0.25) is 0 Å². The zero-order valence-electron chi connectivity index (χ0n) is 4.78. The highest BCUT2D eigenvalue weighted by Crippen LogP contribution is 1.91. The molecule has 0 saturated carbocycles. The van der Waals surface area contributed by atoms with Crippen LogP contribution in [0.5, 0.6) is 0 Å². The molecule has 0 spiro atoms. The molecule has 0 unspecified atom stereocenters. The van der Waals surface area contributed by atoms with Crippen molar-refractivity contribution >= 4 is 0 Å². The van der Waals surface area contributed by atoms with Gasteiger partial charge in [0, 0.05) is 18.1 Å². The molecule has 0 fully saturated rings. The predicted octanol–water partition coefficient (Wildman–Crippen LogP) is 0.925. The standard InChI is InChI=1S/C4H9N3O/c1-4(3-8)2-6-7-5/h4,8H,2-3H2,1H3/t4-/m1/s1. The van der Waals surface area contributed by atoms with Gasteiger partial charge < -0.3 is 5.11 Å². The van der Waals surface area contributed by atoms with Crippen LogP contribution >= 0.6 is 0 Å². The van der Waals surface area contributed by atoms with Crippen LogP contribution in [0.4, 0.5) is 0 Å². The van der Waals surface area contributed by atoms with Crippen molar-refractivity contribution in [1.29, 1.82) is 0 Å². The molecule has 1 atom stereocenters. The van der Waals surface area contributed by atoms with Gasteiger partial charge in [0.05, 0.1) is 0 Å². The maximum atomic E-state index is 8.38. The molecular weight excluding hydrogens is 106 g/mol. The summed E-state index contributed by atoms with van der Waals surface area (Å²) in [5, 5.41) is 11.6. The summed E-state index contributed by atoms with van der Waals surface area (Å²) in [6.45, 7) is 2.28. The Morgan fingerprint density at radius 1 is 1.88 bits per heavy atom. The number of azide groups is 1. The van der Waals surface area contributed by atoms with Gasteiger partial charge in [-0.2, -0.15) is 0 Å². The van der Waals surface area contributed by atoms with Crippen LogP contribution in [0.15, 0.2) is 5.11 Å². The number of hydrogen-bond donors (Lipinski definition) is 1. The lowest BCUT2D eigenvalue weighted by Gasteiger charge is -1.98. The zero-order chi connectivity index (χ0) is 6.41. The lowest BCUT2D eigenvalue weighted by molar-refractivity contribution is 0.241. The molecule has 1 N–H and O–H groups in total. The number of aliphatic hydroxyl groups is 1. The number of rotatable bonds is 3. The Labute approximate surface area is 47.8 Å². The highest BCUT2D eigenvalue weighted by Gasteiger charge is 1.93. The van der Waals surface area contributed by atoms with E-state index in [1.54, 1.807) is 0 Å². The van der Waals surface area contributed by atoms with Crippen LogP contribution in [0.2, 0.25) is 0 Å². The molecular formula is C4H9N3O. The van der Waals surface area contributed by atoms with Gasteiger partial charge in [0.15, 0.2) is 0 Å². The van der Waals surface area contributed by atoms with Gasteiger partial charge in [-0.3, -0.25) is 0 Å². The topological polar surface area (TPSA) is 69.0 Å². The number of nitrogens with zero attached hydrogens (tertiary/aromatic N) is 3. The quantitative estimate of drug-likeness (QED) is 0.331. The molecule has 0 bridgehead atoms. The third-order valence-electron chi connectivity index (χ3n) is 0.768. The van der Waals surface area contributed by atoms with Gasteiger partial charge in [0.25, 0.3) is 0 Å². The zero-order valence-corrected chi connectivity index (χ0v) is 4.78. The fraction of sp³-hybridized carbons (Fsp3) is 1.00. The molecule has 0 aliphatic rings. The van der Waals surface area contributed by atoms with Gasteiger partial charge in [-0.05, 0) is 11.4 Å². The van der Waals surface area contributed by atoms with E-state index in [4.69, 9.17) is 10.6 Å². The van der Waals surface area contributed by atoms with E-state index < -0.39 is 0 Å². The Balaban J connectivity index is 3.23. The molecule has 0 aromatic heterocycles. The molecule has 8 heavy (non-hydrogen) atoms. The van der Waals surface area contributed by atoms with Crippen molar-refractivity contribution in [3.05, 3.63) is 10.4 Å². The third-order valence-corrected chi connectivity index (χ3v) is 0.768. The first-order chi connectivity index (χ1) is 3.81. The fourth-order valence-corrected chi connectivity index (χ4v) is 0.234. The number of hydrogen-bond acceptors (Lipinski definition) is 2. The molecule has 0 aliphatic heterocycles. The van der Waals surface area contributed by atoms with E-state index in [1.807, 2.05) is 6.92 Å². The molecule has 0 aromatic rings. The van der Waals surface area contributed by atoms with Gasteiger partial charge in [0.1, 0.15) is 0 Å². The van der Waals surface area contributed by atoms with Crippen LogP contribution in [0, 0.1) is 5.92 Å². The van der Waals surface area contributed by atoms with Crippen LogP contribution in [0.3, 0.4) is 0 Å². The maximum Gasteiger partial charge on any atom is 0.0457 e. The summed E-state index contributed by atoms with van der Waals surface area (Å²) < 4.78 is 0. The van der Waals surface area contributed by atoms with Crippen LogP contribution in [-0.4, -0.2) is 18.3 Å². The minimum atomic E-state index is 0.0824. The molecule has 0 aromatic carbocycles. The minimum absolute atomic E-state index is 0.0824. The van der Waals surface area contributed by atoms with Crippen molar-refractivity contribution in [3.63, 3.8) is 0 Å². The predicted molar refractivity (Wildman–Crippen MR) is 30.3 cm³/mol. The smallest absolute Gasteiger partial charge is 0.0457 e. The molecule has 4 heteroatoms. The van der Waals surface area contributed by atoms with E-state index in [0.717, 1.165) is 0 Å². The Bertz CT molecular complexity index is 97.5. The van der Waals surface area contributed by atoms with Crippen LogP contribution in [-0.2, 0) is 0 Å². The third kappa shape index (κ3) is 3.46. The highest BCUT2D eigenvalue weighted by molar-refractivity contribution is 4.53. The second kappa shape index (κ2) is 4.43. The van der Waals surface area contributed by atoms with Gasteiger partial charge in [-0.25, -0.2) is 0 Å². The van der Waals surface area contributed by atoms with Crippen molar-refractivity contribution in [2.45, 2.75) is 6.92 Å². The molecule has 0 saturated heterocycles. The normalized spacial score (nSPS) is 12.2. The summed E-state index contributed by atoms with van der Waals surface area (Å²) in [7, 11) is 0. The second-order valence-electron chi connectivity index (χ2n) is 1.70. The molecule has 46 valence electrons. The maximum absolute atomic E-state index is 8.38. The van der Waals surface area contributed by atoms with Gasteiger partial charge in [-0.1, -0.05) is 12.0 Å². The monoisotopic (exact) mass is 115 g/mol. The fourth-order valence-electron chi connectivity index (χ4n) is 0.234. The second-order valence-corrected chi connectivity index (χ2v) is 1.70. The lowest BCUT2D eigenvalue weighted by atomic mass is 10.2. The average molecular weight is 115 g/mol. The summed E-state index contributed by atoms with van der Waals surface area (Å²) >= 11 is 0. The van der Waals surface area contributed by atoms with E-state index in [-0.39, 0.29) is 12.5 Å². The van der Waals surface area contributed by atoms with E-state index in [1.165, 1.54) is 0 Å². The van der Waals surface area contributed by atoms with E-state index >= 15 is 0 Å². The summed E-state index contributed by atoms with van der Waals surface area (Å²) in [6.07, 6.45) is 0. The average Bonchev–Trinajstić information content (AvgIpc) is 1.83. The lowest BCUT2D eigenvalue weighted by Crippen LogP contribution is -2.02. The van der Waals surface area contributed by atoms with Crippen molar-refractivity contribution < 1.29 is 5.11 Å². The largest absolute Gasteiger partial charge is 0.396 e. The number of aliphatic hydroxyl groups excluding tert-OH is 1. The Kier molecular flexibility index (Phi) is 4.03. The molecule has 0 amide bonds. The van der Waals surface area contributed by atoms with E-state index in [2.05, 4.69) is 10.0 Å². The summed E-state index contributed by atoms with van der Waals surface area (Å²) in [4.78, 5) is 2.54. The van der Waals surface area contributed by atoms with Crippen LogP contribution < -0.4 is 0 Å². The van der Waals surface area contributed by atoms with Crippen molar-refractivity contribution in [1.82, 2.24) is 0 Å². The van der Waals surface area contributed by atoms with Crippen LogP contribution in [0.25, 0.3) is 10.4 Å².